The zero-order valence-corrected chi connectivity index (χ0v) is 10.9. The second-order valence-corrected chi connectivity index (χ2v) is 5.38. The van der Waals surface area contributed by atoms with Crippen LogP contribution < -0.4 is 0 Å². The van der Waals surface area contributed by atoms with Crippen LogP contribution in [0.3, 0.4) is 0 Å². The molecule has 0 spiro atoms. The van der Waals surface area contributed by atoms with E-state index < -0.39 is 0 Å². The highest BCUT2D eigenvalue weighted by atomic mass is 16.7. The van der Waals surface area contributed by atoms with Gasteiger partial charge in [0.25, 0.3) is 0 Å². The van der Waals surface area contributed by atoms with E-state index in [0.717, 1.165) is 13.0 Å². The number of ether oxygens (including phenoxy) is 4. The molecule has 0 aromatic carbocycles. The van der Waals surface area contributed by atoms with Gasteiger partial charge >= 0.3 is 0 Å². The molecule has 2 unspecified atom stereocenters. The van der Waals surface area contributed by atoms with Gasteiger partial charge in [0, 0.05) is 19.4 Å². The topological polar surface area (TPSA) is 36.9 Å². The summed E-state index contributed by atoms with van der Waals surface area (Å²) in [7, 11) is 1.71. The fourth-order valence-electron chi connectivity index (χ4n) is 2.97. The molecule has 2 saturated heterocycles. The van der Waals surface area contributed by atoms with E-state index in [4.69, 9.17) is 18.9 Å². The van der Waals surface area contributed by atoms with E-state index in [1.165, 1.54) is 19.3 Å². The third-order valence-electron chi connectivity index (χ3n) is 4.10. The number of rotatable bonds is 4. The maximum absolute atomic E-state index is 6.05. The molecule has 0 saturated carbocycles. The van der Waals surface area contributed by atoms with Crippen molar-refractivity contribution in [3.63, 3.8) is 0 Å². The van der Waals surface area contributed by atoms with Gasteiger partial charge in [-0.25, -0.2) is 0 Å². The van der Waals surface area contributed by atoms with Crippen molar-refractivity contribution in [2.24, 2.45) is 5.92 Å². The number of methoxy groups -OCH3 is 1. The van der Waals surface area contributed by atoms with Crippen molar-refractivity contribution in [2.75, 3.05) is 20.3 Å². The van der Waals surface area contributed by atoms with Crippen LogP contribution in [0.4, 0.5) is 0 Å². The van der Waals surface area contributed by atoms with Crippen LogP contribution in [0.5, 0.6) is 0 Å². The highest BCUT2D eigenvalue weighted by Crippen LogP contribution is 2.31. The lowest BCUT2D eigenvalue weighted by Crippen LogP contribution is -2.44. The summed E-state index contributed by atoms with van der Waals surface area (Å²) in [6, 6.07) is 0. The van der Waals surface area contributed by atoms with Crippen molar-refractivity contribution in [2.45, 2.75) is 50.3 Å². The third-order valence-corrected chi connectivity index (χ3v) is 4.10. The van der Waals surface area contributed by atoms with Gasteiger partial charge in [-0.15, -0.1) is 0 Å². The number of hydrogen-bond acceptors (Lipinski definition) is 4. The van der Waals surface area contributed by atoms with Crippen LogP contribution >= 0.6 is 0 Å². The maximum atomic E-state index is 6.05. The summed E-state index contributed by atoms with van der Waals surface area (Å²) in [5.74, 6) is 0.569. The first-order valence-corrected chi connectivity index (χ1v) is 6.95. The Hall–Kier alpha value is -0.420. The van der Waals surface area contributed by atoms with Gasteiger partial charge in [0.15, 0.2) is 6.29 Å². The van der Waals surface area contributed by atoms with Crippen LogP contribution in [0.25, 0.3) is 0 Å². The van der Waals surface area contributed by atoms with Gasteiger partial charge in [-0.05, 0) is 19.3 Å². The van der Waals surface area contributed by atoms with Crippen molar-refractivity contribution < 1.29 is 18.9 Å². The first kappa shape index (κ1) is 12.6. The van der Waals surface area contributed by atoms with Gasteiger partial charge in [-0.3, -0.25) is 0 Å². The van der Waals surface area contributed by atoms with Crippen LogP contribution in [0.15, 0.2) is 12.2 Å². The molecule has 0 aromatic rings. The Morgan fingerprint density at radius 2 is 2.28 bits per heavy atom. The molecule has 4 heteroatoms. The van der Waals surface area contributed by atoms with Crippen LogP contribution in [0, 0.1) is 5.92 Å². The summed E-state index contributed by atoms with van der Waals surface area (Å²) in [5, 5.41) is 0. The van der Waals surface area contributed by atoms with Gasteiger partial charge in [0.05, 0.1) is 19.3 Å². The Labute approximate surface area is 108 Å². The molecular weight excluding hydrogens is 232 g/mol. The molecule has 18 heavy (non-hydrogen) atoms. The molecule has 2 bridgehead atoms. The number of allylic oxidation sites excluding steroid dienone is 1. The second kappa shape index (κ2) is 5.70. The summed E-state index contributed by atoms with van der Waals surface area (Å²) in [4.78, 5) is 0. The number of fused-ring (bicyclic) bond motifs is 2. The van der Waals surface area contributed by atoms with Gasteiger partial charge in [-0.2, -0.15) is 0 Å². The fraction of sp³-hybridized carbons (Fsp3) is 0.857. The molecule has 5 atom stereocenters. The predicted molar refractivity (Wildman–Crippen MR) is 66.2 cm³/mol. The van der Waals surface area contributed by atoms with Crippen LogP contribution in [0.1, 0.15) is 25.7 Å². The summed E-state index contributed by atoms with van der Waals surface area (Å²) < 4.78 is 22.8. The Kier molecular flexibility index (Phi) is 3.99. The monoisotopic (exact) mass is 254 g/mol. The Morgan fingerprint density at radius 1 is 1.33 bits per heavy atom. The number of hydrogen-bond donors (Lipinski definition) is 0. The van der Waals surface area contributed by atoms with Crippen LogP contribution in [-0.4, -0.2) is 44.9 Å². The zero-order chi connectivity index (χ0) is 12.4. The van der Waals surface area contributed by atoms with E-state index in [0.29, 0.717) is 12.5 Å². The summed E-state index contributed by atoms with van der Waals surface area (Å²) in [5.41, 5.74) is 0. The quantitative estimate of drug-likeness (QED) is 0.718. The lowest BCUT2D eigenvalue weighted by atomic mass is 9.96. The minimum Gasteiger partial charge on any atom is -0.376 e. The molecule has 4 nitrogen and oxygen atoms in total. The Balaban J connectivity index is 1.52. The molecule has 0 radical (unpaired) electrons. The molecule has 3 rings (SSSR count). The third kappa shape index (κ3) is 2.62. The summed E-state index contributed by atoms with van der Waals surface area (Å²) >= 11 is 0. The van der Waals surface area contributed by atoms with Crippen molar-refractivity contribution in [1.82, 2.24) is 0 Å². The van der Waals surface area contributed by atoms with E-state index in [-0.39, 0.29) is 24.6 Å². The standard InChI is InChI=1S/C14H22O4/c1-15-12-7-11(13-9-17-14(12)18-13)16-8-10-5-3-2-4-6-10/h3,5,10-14H,2,4,6-9H2,1H3/t10?,11-,12+,13+,14?/m0/s1. The van der Waals surface area contributed by atoms with E-state index in [1.807, 2.05) is 0 Å². The molecular formula is C14H22O4. The van der Waals surface area contributed by atoms with Crippen molar-refractivity contribution >= 4 is 0 Å². The largest absolute Gasteiger partial charge is 0.376 e. The minimum atomic E-state index is -0.186. The highest BCUT2D eigenvalue weighted by molar-refractivity contribution is 4.94. The Morgan fingerprint density at radius 3 is 3.06 bits per heavy atom. The molecule has 0 N–H and O–H groups in total. The summed E-state index contributed by atoms with van der Waals surface area (Å²) in [6.07, 6.45) is 9.19. The average molecular weight is 254 g/mol. The molecule has 2 heterocycles. The molecule has 0 aromatic heterocycles. The fourth-order valence-corrected chi connectivity index (χ4v) is 2.97. The molecule has 3 aliphatic rings. The minimum absolute atomic E-state index is 0.00986. The molecule has 1 aliphatic carbocycles. The van der Waals surface area contributed by atoms with Crippen LogP contribution in [-0.2, 0) is 18.9 Å². The van der Waals surface area contributed by atoms with E-state index in [1.54, 1.807) is 7.11 Å². The molecule has 2 aliphatic heterocycles. The second-order valence-electron chi connectivity index (χ2n) is 5.38. The normalized spacial score (nSPS) is 43.3. The maximum Gasteiger partial charge on any atom is 0.184 e. The lowest BCUT2D eigenvalue weighted by Gasteiger charge is -2.33. The van der Waals surface area contributed by atoms with E-state index in [2.05, 4.69) is 12.2 Å². The van der Waals surface area contributed by atoms with Crippen molar-refractivity contribution in [3.05, 3.63) is 12.2 Å². The van der Waals surface area contributed by atoms with E-state index >= 15 is 0 Å². The van der Waals surface area contributed by atoms with E-state index in [9.17, 15) is 0 Å². The lowest BCUT2D eigenvalue weighted by molar-refractivity contribution is -0.200. The molecule has 2 fully saturated rings. The SMILES string of the molecule is CO[C@@H]1C[C@H](OCC2C=CCCC2)[C@H]2COC1O2. The first-order chi connectivity index (χ1) is 8.86. The Bertz CT molecular complexity index is 304. The van der Waals surface area contributed by atoms with Crippen molar-refractivity contribution in [3.8, 4) is 0 Å². The highest BCUT2D eigenvalue weighted by Gasteiger charge is 2.44. The molecule has 102 valence electrons. The summed E-state index contributed by atoms with van der Waals surface area (Å²) in [6.45, 7) is 1.43. The van der Waals surface area contributed by atoms with Crippen LogP contribution in [0.2, 0.25) is 0 Å². The predicted octanol–water partition coefficient (Wildman–Crippen LogP) is 1.89. The van der Waals surface area contributed by atoms with Gasteiger partial charge in [0.1, 0.15) is 12.2 Å². The zero-order valence-electron chi connectivity index (χ0n) is 10.9. The van der Waals surface area contributed by atoms with Crippen molar-refractivity contribution in [1.29, 1.82) is 0 Å². The molecule has 0 amide bonds. The van der Waals surface area contributed by atoms with Gasteiger partial charge < -0.3 is 18.9 Å². The van der Waals surface area contributed by atoms with Gasteiger partial charge in [-0.1, -0.05) is 12.2 Å². The first-order valence-electron chi connectivity index (χ1n) is 6.95. The smallest absolute Gasteiger partial charge is 0.184 e. The van der Waals surface area contributed by atoms with Gasteiger partial charge in [0.2, 0.25) is 0 Å². The average Bonchev–Trinajstić information content (AvgIpc) is 2.84.